The van der Waals surface area contributed by atoms with Gasteiger partial charge in [0.15, 0.2) is 0 Å². The number of amides is 1. The number of hydrogen-bond acceptors (Lipinski definition) is 6. The zero-order valence-corrected chi connectivity index (χ0v) is 51.7. The van der Waals surface area contributed by atoms with E-state index < -0.39 is 20.0 Å². The quantitative estimate of drug-likeness (QED) is 0.0205. The van der Waals surface area contributed by atoms with Crippen LogP contribution < -0.4 is 5.32 Å². The number of esters is 1. The van der Waals surface area contributed by atoms with Crippen molar-refractivity contribution in [3.63, 3.8) is 0 Å². The molecule has 0 radical (unpaired) electrons. The highest BCUT2D eigenvalue weighted by Gasteiger charge is 2.30. The van der Waals surface area contributed by atoms with Gasteiger partial charge in [-0.25, -0.2) is 4.57 Å². The van der Waals surface area contributed by atoms with Crippen LogP contribution in [0.4, 0.5) is 0 Å². The van der Waals surface area contributed by atoms with Gasteiger partial charge in [-0.3, -0.25) is 18.6 Å². The molecule has 0 aliphatic heterocycles. The Morgan fingerprint density at radius 2 is 0.773 bits per heavy atom. The Bertz CT molecular complexity index is 1340. The lowest BCUT2D eigenvalue weighted by Gasteiger charge is -2.27. The van der Waals surface area contributed by atoms with E-state index >= 15 is 0 Å². The second kappa shape index (κ2) is 55.8. The first-order chi connectivity index (χ1) is 36.4. The first-order valence-corrected chi connectivity index (χ1v) is 34.2. The summed E-state index contributed by atoms with van der Waals surface area (Å²) in [5.41, 5.74) is 0. The molecule has 0 aliphatic rings. The van der Waals surface area contributed by atoms with Crippen molar-refractivity contribution >= 4 is 19.7 Å². The van der Waals surface area contributed by atoms with Crippen LogP contribution in [0.5, 0.6) is 0 Å². The topological polar surface area (TPSA) is 111 Å². The Hall–Kier alpha value is -1.51. The molecule has 0 rings (SSSR count). The monoisotopic (exact) mass is 1080 g/mol. The van der Waals surface area contributed by atoms with E-state index in [0.29, 0.717) is 23.9 Å². The number of nitrogens with one attached hydrogen (secondary N) is 1. The van der Waals surface area contributed by atoms with Crippen LogP contribution in [0.1, 0.15) is 329 Å². The summed E-state index contributed by atoms with van der Waals surface area (Å²) in [5.74, 6) is -0.489. The van der Waals surface area contributed by atoms with Crippen LogP contribution in [-0.2, 0) is 27.9 Å². The summed E-state index contributed by atoms with van der Waals surface area (Å²) in [6.07, 6.45) is 66.3. The van der Waals surface area contributed by atoms with E-state index in [2.05, 4.69) is 38.2 Å². The van der Waals surface area contributed by atoms with Gasteiger partial charge in [-0.2, -0.15) is 0 Å². The van der Waals surface area contributed by atoms with E-state index in [9.17, 15) is 19.0 Å². The van der Waals surface area contributed by atoms with Crippen molar-refractivity contribution in [3.8, 4) is 0 Å². The zero-order chi connectivity index (χ0) is 55.0. The Balaban J connectivity index is 4.90. The zero-order valence-electron chi connectivity index (χ0n) is 50.8. The van der Waals surface area contributed by atoms with Gasteiger partial charge in [0.1, 0.15) is 19.3 Å². The molecule has 0 saturated carbocycles. The van der Waals surface area contributed by atoms with Gasteiger partial charge in [0.05, 0.1) is 33.8 Å². The molecule has 444 valence electrons. The summed E-state index contributed by atoms with van der Waals surface area (Å²) in [6, 6.07) is -0.840. The lowest BCUT2D eigenvalue weighted by atomic mass is 10.0. The Labute approximate surface area is 466 Å². The van der Waals surface area contributed by atoms with E-state index in [0.717, 1.165) is 57.8 Å². The summed E-state index contributed by atoms with van der Waals surface area (Å²) in [5, 5.41) is 3.05. The van der Waals surface area contributed by atoms with Crippen LogP contribution in [0.2, 0.25) is 0 Å². The van der Waals surface area contributed by atoms with Gasteiger partial charge in [-0.15, -0.1) is 0 Å². The van der Waals surface area contributed by atoms with Gasteiger partial charge < -0.3 is 19.4 Å². The number of nitrogens with zero attached hydrogens (tertiary/aromatic N) is 1. The van der Waals surface area contributed by atoms with Crippen molar-refractivity contribution < 1.29 is 37.3 Å². The Morgan fingerprint density at radius 3 is 1.13 bits per heavy atom. The van der Waals surface area contributed by atoms with Crippen molar-refractivity contribution in [1.82, 2.24) is 5.32 Å². The molecular weight excluding hydrogens is 952 g/mol. The number of ether oxygens (including phenoxy) is 1. The third-order valence-corrected chi connectivity index (χ3v) is 15.9. The largest absolute Gasteiger partial charge is 0.472 e. The molecule has 0 saturated heterocycles. The van der Waals surface area contributed by atoms with E-state index in [1.165, 1.54) is 238 Å². The van der Waals surface area contributed by atoms with Crippen LogP contribution in [0.15, 0.2) is 24.3 Å². The van der Waals surface area contributed by atoms with E-state index in [4.69, 9.17) is 13.8 Å². The van der Waals surface area contributed by atoms with Gasteiger partial charge in [0, 0.05) is 12.8 Å². The van der Waals surface area contributed by atoms with Crippen LogP contribution in [-0.4, -0.2) is 74.3 Å². The van der Waals surface area contributed by atoms with E-state index in [1.54, 1.807) is 0 Å². The molecule has 0 fully saturated rings. The number of phosphoric ester groups is 1. The molecule has 0 aromatic carbocycles. The predicted molar refractivity (Wildman–Crippen MR) is 323 cm³/mol. The summed E-state index contributed by atoms with van der Waals surface area (Å²) in [4.78, 5) is 37.6. The summed E-state index contributed by atoms with van der Waals surface area (Å²) >= 11 is 0. The van der Waals surface area contributed by atoms with Gasteiger partial charge in [0.25, 0.3) is 0 Å². The molecular formula is C65H128N2O7P+. The maximum atomic E-state index is 13.5. The van der Waals surface area contributed by atoms with Crippen LogP contribution in [0, 0.1) is 0 Å². The number of carbonyl (C=O) groups is 2. The highest BCUT2D eigenvalue weighted by atomic mass is 31.2. The smallest absolute Gasteiger partial charge is 0.456 e. The third-order valence-electron chi connectivity index (χ3n) is 14.9. The highest BCUT2D eigenvalue weighted by Crippen LogP contribution is 2.43. The highest BCUT2D eigenvalue weighted by molar-refractivity contribution is 7.47. The molecule has 0 bridgehead atoms. The molecule has 9 nitrogen and oxygen atoms in total. The van der Waals surface area contributed by atoms with Crippen LogP contribution in [0.25, 0.3) is 0 Å². The average molecular weight is 1080 g/mol. The molecule has 0 aliphatic carbocycles. The maximum Gasteiger partial charge on any atom is 0.472 e. The molecule has 2 N–H and O–H groups in total. The van der Waals surface area contributed by atoms with Gasteiger partial charge >= 0.3 is 13.8 Å². The molecule has 75 heavy (non-hydrogen) atoms. The van der Waals surface area contributed by atoms with Crippen LogP contribution in [0.3, 0.4) is 0 Å². The summed E-state index contributed by atoms with van der Waals surface area (Å²) in [6.45, 7) is 7.04. The van der Waals surface area contributed by atoms with Crippen molar-refractivity contribution in [2.75, 3.05) is 40.9 Å². The summed E-state index contributed by atoms with van der Waals surface area (Å²) in [7, 11) is 1.51. The fourth-order valence-corrected chi connectivity index (χ4v) is 10.6. The van der Waals surface area contributed by atoms with Crippen molar-refractivity contribution in [3.05, 3.63) is 24.3 Å². The van der Waals surface area contributed by atoms with Gasteiger partial charge in [-0.05, 0) is 57.4 Å². The number of carbonyl (C=O) groups excluding carboxylic acids is 2. The first-order valence-electron chi connectivity index (χ1n) is 32.7. The van der Waals surface area contributed by atoms with Crippen molar-refractivity contribution in [1.29, 1.82) is 0 Å². The molecule has 3 atom stereocenters. The minimum atomic E-state index is -4.44. The Morgan fingerprint density at radius 1 is 0.453 bits per heavy atom. The normalized spacial score (nSPS) is 13.7. The number of quaternary nitrogens is 1. The number of unbranched alkanes of at least 4 members (excludes halogenated alkanes) is 42. The van der Waals surface area contributed by atoms with E-state index in [1.807, 2.05) is 33.3 Å². The minimum absolute atomic E-state index is 0.0444. The molecule has 0 spiro atoms. The second-order valence-corrected chi connectivity index (χ2v) is 25.1. The molecule has 1 amide bonds. The standard InChI is InChI=1S/C65H127N2O7P/c1-7-10-13-16-19-22-25-26-27-28-29-30-31-32-33-34-35-36-37-38-39-40-43-46-49-52-55-58-65(69)74-63(56-53-50-47-44-41-23-20-17-14-11-8-2)62(61-73-75(70,71)72-60-59-67(4,5)6)66-64(68)57-54-51-48-45-42-24-21-18-15-12-9-3/h26-27,53,56,62-63H,7-25,28-52,54-55,57-61H2,1-6H3,(H-,66,68,70,71)/p+1/b27-26+,56-53-. The number of rotatable bonds is 60. The fourth-order valence-electron chi connectivity index (χ4n) is 9.82. The second-order valence-electron chi connectivity index (χ2n) is 23.6. The lowest BCUT2D eigenvalue weighted by molar-refractivity contribution is -0.870. The SMILES string of the molecule is CCCCCCCC/C=C/CCCCCCCCCCCCCCCCCCCC(=O)OC(/C=C\CCCCCCCCCCC)C(COP(=O)(O)OCC[N+](C)(C)C)NC(=O)CCCCCCCCCCCCC. The lowest BCUT2D eigenvalue weighted by Crippen LogP contribution is -2.47. The molecule has 0 heterocycles. The molecule has 10 heteroatoms. The van der Waals surface area contributed by atoms with Gasteiger partial charge in [-0.1, -0.05) is 283 Å². The van der Waals surface area contributed by atoms with Crippen LogP contribution >= 0.6 is 7.82 Å². The molecule has 3 unspecified atom stereocenters. The van der Waals surface area contributed by atoms with Crippen molar-refractivity contribution in [2.45, 2.75) is 341 Å². The summed E-state index contributed by atoms with van der Waals surface area (Å²) < 4.78 is 30.7. The number of allylic oxidation sites excluding steroid dienone is 3. The minimum Gasteiger partial charge on any atom is -0.456 e. The van der Waals surface area contributed by atoms with Crippen molar-refractivity contribution in [2.24, 2.45) is 0 Å². The van der Waals surface area contributed by atoms with E-state index in [-0.39, 0.29) is 25.1 Å². The Kier molecular flexibility index (Phi) is 54.7. The first kappa shape index (κ1) is 73.5. The predicted octanol–water partition coefficient (Wildman–Crippen LogP) is 20.1. The third kappa shape index (κ3) is 57.0. The number of likely N-dealkylation sites (N-methyl/N-ethyl adjacent to an activating group) is 1. The fraction of sp³-hybridized carbons (Fsp3) is 0.908. The number of phosphoric acid groups is 1. The maximum absolute atomic E-state index is 13.5. The number of hydrogen-bond donors (Lipinski definition) is 2. The van der Waals surface area contributed by atoms with Gasteiger partial charge in [0.2, 0.25) is 5.91 Å². The average Bonchev–Trinajstić information content (AvgIpc) is 3.37. The molecule has 0 aromatic heterocycles. The molecule has 0 aromatic rings.